The zero-order valence-electron chi connectivity index (χ0n) is 17.9. The lowest BCUT2D eigenvalue weighted by atomic mass is 9.89. The zero-order valence-corrected chi connectivity index (χ0v) is 17.9. The maximum Gasteiger partial charge on any atom is 0.276 e. The van der Waals surface area contributed by atoms with Crippen LogP contribution in [-0.4, -0.2) is 61.8 Å². The topological polar surface area (TPSA) is 115 Å². The zero-order chi connectivity index (χ0) is 21.4. The molecule has 3 aromatic heterocycles. The molecule has 0 aromatic carbocycles. The van der Waals surface area contributed by atoms with E-state index in [4.69, 9.17) is 15.5 Å². The van der Waals surface area contributed by atoms with Crippen molar-refractivity contribution in [2.24, 2.45) is 0 Å². The number of aryl methyl sites for hydroxylation is 1. The lowest BCUT2D eigenvalue weighted by Gasteiger charge is -2.32. The van der Waals surface area contributed by atoms with Crippen molar-refractivity contribution in [2.45, 2.75) is 51.0 Å². The number of rotatable bonds is 4. The second-order valence-corrected chi connectivity index (χ2v) is 8.46. The lowest BCUT2D eigenvalue weighted by Crippen LogP contribution is -2.38. The van der Waals surface area contributed by atoms with Crippen molar-refractivity contribution >= 4 is 22.8 Å². The molecule has 3 aromatic rings. The van der Waals surface area contributed by atoms with E-state index in [9.17, 15) is 4.79 Å². The van der Waals surface area contributed by atoms with Gasteiger partial charge in [0.05, 0.1) is 11.2 Å². The van der Waals surface area contributed by atoms with E-state index in [0.29, 0.717) is 42.9 Å². The van der Waals surface area contributed by atoms with Crippen LogP contribution in [0.5, 0.6) is 0 Å². The van der Waals surface area contributed by atoms with Crippen LogP contribution in [0.3, 0.4) is 0 Å². The Kier molecular flexibility index (Phi) is 5.35. The van der Waals surface area contributed by atoms with Gasteiger partial charge in [0.25, 0.3) is 5.91 Å². The Hall–Kier alpha value is -2.94. The predicted molar refractivity (Wildman–Crippen MR) is 117 cm³/mol. The molecular weight excluding hydrogens is 394 g/mol. The van der Waals surface area contributed by atoms with Gasteiger partial charge in [-0.25, -0.2) is 9.97 Å². The van der Waals surface area contributed by atoms with E-state index in [1.807, 2.05) is 18.0 Å². The molecule has 9 nitrogen and oxygen atoms in total. The van der Waals surface area contributed by atoms with Crippen LogP contribution in [0.25, 0.3) is 11.2 Å². The lowest BCUT2D eigenvalue weighted by molar-refractivity contribution is 0.0707. The van der Waals surface area contributed by atoms with Crippen LogP contribution in [0.15, 0.2) is 18.5 Å². The first kappa shape index (κ1) is 20.0. The first-order valence-electron chi connectivity index (χ1n) is 11.2. The van der Waals surface area contributed by atoms with E-state index in [1.165, 1.54) is 5.56 Å². The summed E-state index contributed by atoms with van der Waals surface area (Å²) in [6.07, 6.45) is 7.35. The average molecular weight is 424 g/mol. The van der Waals surface area contributed by atoms with E-state index in [-0.39, 0.29) is 5.91 Å². The summed E-state index contributed by atoms with van der Waals surface area (Å²) in [5, 5.41) is 4.34. The summed E-state index contributed by atoms with van der Waals surface area (Å²) in [7, 11) is 0. The molecule has 1 amide bonds. The van der Waals surface area contributed by atoms with Gasteiger partial charge in [0.1, 0.15) is 5.82 Å². The van der Waals surface area contributed by atoms with Gasteiger partial charge in [-0.3, -0.25) is 9.48 Å². The molecule has 5 heterocycles. The molecule has 0 radical (unpaired) electrons. The molecule has 5 rings (SSSR count). The van der Waals surface area contributed by atoms with Gasteiger partial charge in [-0.15, -0.1) is 0 Å². The second-order valence-electron chi connectivity index (χ2n) is 8.46. The average Bonchev–Trinajstić information content (AvgIpc) is 3.42. The van der Waals surface area contributed by atoms with E-state index < -0.39 is 0 Å². The number of hydrogen-bond donors (Lipinski definition) is 2. The summed E-state index contributed by atoms with van der Waals surface area (Å²) < 4.78 is 7.19. The van der Waals surface area contributed by atoms with Gasteiger partial charge in [0, 0.05) is 51.2 Å². The Balaban J connectivity index is 1.31. The van der Waals surface area contributed by atoms with Gasteiger partial charge in [0.2, 0.25) is 0 Å². The number of anilines is 1. The molecule has 0 aliphatic carbocycles. The van der Waals surface area contributed by atoms with Crippen molar-refractivity contribution in [2.75, 3.05) is 32.0 Å². The molecule has 0 bridgehead atoms. The quantitative estimate of drug-likeness (QED) is 0.667. The van der Waals surface area contributed by atoms with Crippen molar-refractivity contribution in [1.82, 2.24) is 29.6 Å². The highest BCUT2D eigenvalue weighted by molar-refractivity contribution is 5.97. The van der Waals surface area contributed by atoms with Crippen molar-refractivity contribution in [3.63, 3.8) is 0 Å². The van der Waals surface area contributed by atoms with Crippen LogP contribution in [0.4, 0.5) is 5.69 Å². The summed E-state index contributed by atoms with van der Waals surface area (Å²) in [6.45, 7) is 5.62. The number of carbonyl (C=O) groups excluding carboxylic acids is 1. The number of likely N-dealkylation sites (tertiary alicyclic amines) is 1. The number of aromatic nitrogens is 5. The van der Waals surface area contributed by atoms with Gasteiger partial charge in [-0.05, 0) is 50.2 Å². The molecule has 2 aliphatic rings. The fourth-order valence-electron chi connectivity index (χ4n) is 4.76. The van der Waals surface area contributed by atoms with Gasteiger partial charge in [0.15, 0.2) is 11.3 Å². The third-order valence-electron chi connectivity index (χ3n) is 6.59. The van der Waals surface area contributed by atoms with E-state index >= 15 is 0 Å². The van der Waals surface area contributed by atoms with E-state index in [1.54, 1.807) is 10.9 Å². The highest BCUT2D eigenvalue weighted by Crippen LogP contribution is 2.34. The summed E-state index contributed by atoms with van der Waals surface area (Å²) in [4.78, 5) is 27.6. The molecular formula is C22H29N7O2. The number of aromatic amines is 1. The third kappa shape index (κ3) is 3.78. The number of nitrogens with two attached hydrogens (primary N) is 1. The predicted octanol–water partition coefficient (Wildman–Crippen LogP) is 2.67. The van der Waals surface area contributed by atoms with Crippen molar-refractivity contribution in [3.8, 4) is 0 Å². The number of hydrogen-bond acceptors (Lipinski definition) is 6. The Bertz CT molecular complexity index is 1070. The molecule has 0 saturated carbocycles. The number of amides is 1. The molecule has 2 saturated heterocycles. The first-order valence-corrected chi connectivity index (χ1v) is 11.2. The maximum absolute atomic E-state index is 12.9. The van der Waals surface area contributed by atoms with Crippen LogP contribution in [0, 0.1) is 0 Å². The number of pyridine rings is 1. The van der Waals surface area contributed by atoms with Crippen molar-refractivity contribution in [3.05, 3.63) is 35.5 Å². The minimum Gasteiger partial charge on any atom is -0.396 e. The molecule has 0 atom stereocenters. The highest BCUT2D eigenvalue weighted by Gasteiger charge is 2.29. The number of nitrogen functional groups attached to an aromatic ring is 1. The minimum absolute atomic E-state index is 0.0774. The first-order chi connectivity index (χ1) is 15.1. The normalized spacial score (nSPS) is 18.7. The van der Waals surface area contributed by atoms with Crippen molar-refractivity contribution < 1.29 is 9.53 Å². The largest absolute Gasteiger partial charge is 0.396 e. The molecule has 0 unspecified atom stereocenters. The van der Waals surface area contributed by atoms with E-state index in [0.717, 1.165) is 55.9 Å². The number of imidazole rings is 1. The number of nitrogens with zero attached hydrogens (tertiary/aromatic N) is 5. The Labute approximate surface area is 181 Å². The SMILES string of the molecule is CCn1cc(N)c(C(=O)N2CCC(c3ccnc4nc(C5CCOCC5)[nH]c34)CC2)n1. The molecule has 31 heavy (non-hydrogen) atoms. The third-order valence-corrected chi connectivity index (χ3v) is 6.59. The van der Waals surface area contributed by atoms with Crippen LogP contribution in [0.2, 0.25) is 0 Å². The Morgan fingerprint density at radius 3 is 2.71 bits per heavy atom. The fourth-order valence-corrected chi connectivity index (χ4v) is 4.76. The van der Waals surface area contributed by atoms with E-state index in [2.05, 4.69) is 21.1 Å². The second kappa shape index (κ2) is 8.30. The van der Waals surface area contributed by atoms with Gasteiger partial charge >= 0.3 is 0 Å². The number of H-pyrrole nitrogens is 1. The Morgan fingerprint density at radius 1 is 1.23 bits per heavy atom. The number of piperidine rings is 1. The standard InChI is InChI=1S/C22H29N7O2/c1-2-29-13-17(23)19(27-29)22(30)28-9-4-14(5-10-28)16-3-8-24-21-18(16)25-20(26-21)15-6-11-31-12-7-15/h3,8,13-15H,2,4-7,9-12,23H2,1H3,(H,24,25,26). The summed E-state index contributed by atoms with van der Waals surface area (Å²) in [6, 6.07) is 2.09. The number of fused-ring (bicyclic) bond motifs is 1. The summed E-state index contributed by atoms with van der Waals surface area (Å²) in [5.74, 6) is 1.71. The van der Waals surface area contributed by atoms with Crippen LogP contribution < -0.4 is 5.73 Å². The number of nitrogens with one attached hydrogen (secondary N) is 1. The van der Waals surface area contributed by atoms with Crippen LogP contribution in [0.1, 0.15) is 66.3 Å². The van der Waals surface area contributed by atoms with Gasteiger partial charge in [-0.2, -0.15) is 5.10 Å². The number of carbonyl (C=O) groups is 1. The Morgan fingerprint density at radius 2 is 2.00 bits per heavy atom. The molecule has 9 heteroatoms. The maximum atomic E-state index is 12.9. The molecule has 3 N–H and O–H groups in total. The van der Waals surface area contributed by atoms with Crippen molar-refractivity contribution in [1.29, 1.82) is 0 Å². The summed E-state index contributed by atoms with van der Waals surface area (Å²) in [5.41, 5.74) is 9.90. The smallest absolute Gasteiger partial charge is 0.276 e. The molecule has 0 spiro atoms. The highest BCUT2D eigenvalue weighted by atomic mass is 16.5. The van der Waals surface area contributed by atoms with Crippen LogP contribution in [-0.2, 0) is 11.3 Å². The monoisotopic (exact) mass is 423 g/mol. The van der Waals surface area contributed by atoms with Crippen LogP contribution >= 0.6 is 0 Å². The number of ether oxygens (including phenoxy) is 1. The van der Waals surface area contributed by atoms with Gasteiger partial charge < -0.3 is 20.4 Å². The molecule has 164 valence electrons. The fraction of sp³-hybridized carbons (Fsp3) is 0.545. The minimum atomic E-state index is -0.0774. The molecule has 2 aliphatic heterocycles. The van der Waals surface area contributed by atoms with Gasteiger partial charge in [-0.1, -0.05) is 0 Å². The molecule has 2 fully saturated rings. The summed E-state index contributed by atoms with van der Waals surface area (Å²) >= 11 is 0.